The standard InChI is InChI=1S/C44H43Cl2N3O8.CH2O2/c1-54-38-15-14-29(21-39(38)55-2)34(22-35-36(45)23-49(53)24-37(35)46)41-31(11-7-13-33(41)43(50)51)26-56-32-12-6-10-30(20-32)42(28-8-4-3-5-9-28)47-44(52)57-40-25-48-18-16-27(40)17-19-48;2-1-3/h3-15,20-21,23-24,27,34,40,42H,16-19,22,25-26H2,1-2H3,(H,47,52)(H,50,51);1H,(H,2,3)/t34-,40-,42-;/m0./s1. The zero-order chi connectivity index (χ0) is 42.8. The maximum Gasteiger partial charge on any atom is 0.408 e. The molecule has 13 nitrogen and oxygen atoms in total. The van der Waals surface area contributed by atoms with Crippen molar-refractivity contribution in [1.29, 1.82) is 0 Å². The van der Waals surface area contributed by atoms with E-state index in [9.17, 15) is 19.9 Å². The highest BCUT2D eigenvalue weighted by Gasteiger charge is 2.37. The van der Waals surface area contributed by atoms with Crippen LogP contribution in [0, 0.1) is 11.1 Å². The summed E-state index contributed by atoms with van der Waals surface area (Å²) in [4.78, 5) is 37.1. The number of nitrogens with one attached hydrogen (secondary N) is 1. The molecule has 4 aromatic carbocycles. The molecule has 3 fully saturated rings. The molecule has 3 saturated heterocycles. The van der Waals surface area contributed by atoms with Crippen LogP contribution < -0.4 is 24.3 Å². The van der Waals surface area contributed by atoms with E-state index in [2.05, 4.69) is 10.2 Å². The highest BCUT2D eigenvalue weighted by Crippen LogP contribution is 2.40. The van der Waals surface area contributed by atoms with Crippen LogP contribution in [0.25, 0.3) is 0 Å². The molecule has 15 heteroatoms. The first-order valence-corrected chi connectivity index (χ1v) is 20.0. The first kappa shape index (κ1) is 43.6. The van der Waals surface area contributed by atoms with Crippen LogP contribution in [0.1, 0.15) is 68.5 Å². The number of carboxylic acids is 1. The van der Waals surface area contributed by atoms with Gasteiger partial charge in [-0.1, -0.05) is 83.9 Å². The molecule has 4 heterocycles. The molecule has 3 aliphatic rings. The van der Waals surface area contributed by atoms with Gasteiger partial charge >= 0.3 is 12.1 Å². The van der Waals surface area contributed by atoms with Gasteiger partial charge in [-0.2, -0.15) is 4.73 Å². The molecule has 1 amide bonds. The Morgan fingerprint density at radius 3 is 2.20 bits per heavy atom. The number of pyridine rings is 1. The minimum Gasteiger partial charge on any atom is -0.619 e. The monoisotopic (exact) mass is 857 g/mol. The van der Waals surface area contributed by atoms with Crippen molar-refractivity contribution >= 4 is 41.7 Å². The third kappa shape index (κ3) is 10.4. The molecule has 60 heavy (non-hydrogen) atoms. The molecule has 1 aromatic heterocycles. The zero-order valence-electron chi connectivity index (χ0n) is 33.0. The van der Waals surface area contributed by atoms with Gasteiger partial charge in [-0.15, -0.1) is 0 Å². The van der Waals surface area contributed by atoms with Gasteiger partial charge in [0.25, 0.3) is 6.47 Å². The second kappa shape index (κ2) is 20.3. The Labute approximate surface area is 357 Å². The number of fused-ring (bicyclic) bond motifs is 3. The Balaban J connectivity index is 0.00000195. The Morgan fingerprint density at radius 1 is 0.900 bits per heavy atom. The molecule has 314 valence electrons. The first-order chi connectivity index (χ1) is 29.0. The number of aromatic carboxylic acids is 1. The minimum absolute atomic E-state index is 0.00838. The van der Waals surface area contributed by atoms with Crippen LogP contribution >= 0.6 is 23.2 Å². The lowest BCUT2D eigenvalue weighted by molar-refractivity contribution is -0.605. The number of carbonyl (C=O) groups excluding carboxylic acids is 1. The zero-order valence-corrected chi connectivity index (χ0v) is 34.5. The molecule has 3 aliphatic heterocycles. The van der Waals surface area contributed by atoms with Crippen LogP contribution in [0.15, 0.2) is 103 Å². The van der Waals surface area contributed by atoms with E-state index in [1.807, 2.05) is 66.7 Å². The third-order valence-corrected chi connectivity index (χ3v) is 11.5. The van der Waals surface area contributed by atoms with E-state index in [4.69, 9.17) is 52.1 Å². The lowest BCUT2D eigenvalue weighted by atomic mass is 9.81. The summed E-state index contributed by atoms with van der Waals surface area (Å²) in [6, 6.07) is 27.0. The Morgan fingerprint density at radius 2 is 1.57 bits per heavy atom. The largest absolute Gasteiger partial charge is 0.619 e. The van der Waals surface area contributed by atoms with E-state index in [1.165, 1.54) is 26.6 Å². The topological polar surface area (TPSA) is 171 Å². The fraction of sp³-hybridized carbons (Fsp3) is 0.289. The van der Waals surface area contributed by atoms with Gasteiger partial charge in [-0.05, 0) is 96.4 Å². The van der Waals surface area contributed by atoms with Crippen LogP contribution in [0.3, 0.4) is 0 Å². The number of rotatable bonds is 14. The van der Waals surface area contributed by atoms with Crippen molar-refractivity contribution in [3.8, 4) is 17.2 Å². The average molecular weight is 859 g/mol. The molecule has 3 atom stereocenters. The van der Waals surface area contributed by atoms with Crippen molar-refractivity contribution in [3.05, 3.63) is 158 Å². The van der Waals surface area contributed by atoms with Crippen molar-refractivity contribution in [3.63, 3.8) is 0 Å². The molecular weight excluding hydrogens is 813 g/mol. The van der Waals surface area contributed by atoms with Crippen LogP contribution in [0.4, 0.5) is 4.79 Å². The number of carbonyl (C=O) groups is 3. The van der Waals surface area contributed by atoms with Gasteiger partial charge in [0.1, 0.15) is 28.5 Å². The lowest BCUT2D eigenvalue weighted by Gasteiger charge is -2.43. The Hall–Kier alpha value is -6.02. The quantitative estimate of drug-likeness (QED) is 0.0564. The number of halogens is 2. The summed E-state index contributed by atoms with van der Waals surface area (Å²) >= 11 is 13.2. The number of hydrogen-bond acceptors (Lipinski definition) is 9. The van der Waals surface area contributed by atoms with Crippen LogP contribution in [0.5, 0.6) is 17.2 Å². The van der Waals surface area contributed by atoms with E-state index in [1.54, 1.807) is 24.3 Å². The van der Waals surface area contributed by atoms with Gasteiger partial charge < -0.3 is 39.7 Å². The number of benzene rings is 4. The molecular formula is C45H45Cl2N3O10. The lowest BCUT2D eigenvalue weighted by Crippen LogP contribution is -2.52. The Kier molecular flexibility index (Phi) is 14.7. The second-order valence-electron chi connectivity index (χ2n) is 14.4. The number of aromatic nitrogens is 1. The Bertz CT molecular complexity index is 2260. The van der Waals surface area contributed by atoms with E-state index in [0.717, 1.165) is 43.6 Å². The van der Waals surface area contributed by atoms with Crippen LogP contribution in [-0.2, 0) is 22.6 Å². The predicted molar refractivity (Wildman–Crippen MR) is 224 cm³/mol. The van der Waals surface area contributed by atoms with Gasteiger partial charge in [0.05, 0.1) is 25.8 Å². The van der Waals surface area contributed by atoms with Gasteiger partial charge in [-0.3, -0.25) is 9.69 Å². The molecule has 0 unspecified atom stereocenters. The average Bonchev–Trinajstić information content (AvgIpc) is 3.25. The molecule has 0 radical (unpaired) electrons. The van der Waals surface area contributed by atoms with Gasteiger partial charge in [-0.25, -0.2) is 9.59 Å². The SMILES string of the molecule is COc1ccc([C@H](Cc2c(Cl)c[n+]([O-])cc2Cl)c2c(COc3cccc([C@@H](NC(=O)O[C@H]4CN5CCC4CC5)c4ccccc4)c3)cccc2C(=O)O)cc1OC.O=CO. The predicted octanol–water partition coefficient (Wildman–Crippen LogP) is 7.91. The van der Waals surface area contributed by atoms with Crippen LogP contribution in [0.2, 0.25) is 10.0 Å². The van der Waals surface area contributed by atoms with E-state index >= 15 is 0 Å². The number of piperidine rings is 3. The number of hydrogen-bond donors (Lipinski definition) is 3. The minimum atomic E-state index is -1.14. The summed E-state index contributed by atoms with van der Waals surface area (Å²) in [5.74, 6) is 0.0321. The van der Waals surface area contributed by atoms with Crippen LogP contribution in [-0.4, -0.2) is 73.6 Å². The van der Waals surface area contributed by atoms with Crippen molar-refractivity contribution in [2.75, 3.05) is 33.9 Å². The molecule has 5 aromatic rings. The molecule has 0 aliphatic carbocycles. The molecule has 3 N–H and O–H groups in total. The van der Waals surface area contributed by atoms with Crippen molar-refractivity contribution in [2.24, 2.45) is 5.92 Å². The summed E-state index contributed by atoms with van der Waals surface area (Å²) in [5, 5.41) is 33.0. The number of ether oxygens (including phenoxy) is 4. The summed E-state index contributed by atoms with van der Waals surface area (Å²) in [7, 11) is 3.05. The number of nitrogens with zero attached hydrogens (tertiary/aromatic N) is 2. The van der Waals surface area contributed by atoms with E-state index in [0.29, 0.717) is 50.2 Å². The normalized spacial score (nSPS) is 17.6. The van der Waals surface area contributed by atoms with Crippen molar-refractivity contribution in [1.82, 2.24) is 10.2 Å². The third-order valence-electron chi connectivity index (χ3n) is 10.9. The molecule has 0 saturated carbocycles. The smallest absolute Gasteiger partial charge is 0.408 e. The maximum absolute atomic E-state index is 13.4. The number of carboxylic acid groups (broad SMARTS) is 2. The van der Waals surface area contributed by atoms with Crippen molar-refractivity contribution < 1.29 is 48.3 Å². The fourth-order valence-electron chi connectivity index (χ4n) is 8.01. The first-order valence-electron chi connectivity index (χ1n) is 19.2. The highest BCUT2D eigenvalue weighted by atomic mass is 35.5. The van der Waals surface area contributed by atoms with E-state index < -0.39 is 24.0 Å². The molecule has 0 spiro atoms. The maximum atomic E-state index is 13.4. The summed E-state index contributed by atoms with van der Waals surface area (Å²) in [6.07, 6.45) is 4.00. The number of alkyl carbamates (subject to hydrolysis) is 1. The van der Waals surface area contributed by atoms with E-state index in [-0.39, 0.29) is 41.2 Å². The number of amides is 1. The fourth-order valence-corrected chi connectivity index (χ4v) is 8.60. The second-order valence-corrected chi connectivity index (χ2v) is 15.2. The van der Waals surface area contributed by atoms with Gasteiger partial charge in [0.15, 0.2) is 23.9 Å². The van der Waals surface area contributed by atoms with Gasteiger partial charge in [0.2, 0.25) is 0 Å². The summed E-state index contributed by atoms with van der Waals surface area (Å²) in [6.45, 7) is 2.58. The van der Waals surface area contributed by atoms with Crippen molar-refractivity contribution in [2.45, 2.75) is 43.9 Å². The summed E-state index contributed by atoms with van der Waals surface area (Å²) in [5.41, 5.74) is 3.93. The molecule has 2 bridgehead atoms. The van der Waals surface area contributed by atoms with Gasteiger partial charge in [0, 0.05) is 18.0 Å². The number of methoxy groups -OCH3 is 2. The summed E-state index contributed by atoms with van der Waals surface area (Å²) < 4.78 is 24.1. The highest BCUT2D eigenvalue weighted by molar-refractivity contribution is 6.35. The molecule has 8 rings (SSSR count).